The summed E-state index contributed by atoms with van der Waals surface area (Å²) in [5.74, 6) is 0.751. The van der Waals surface area contributed by atoms with E-state index in [0.717, 1.165) is 36.5 Å². The summed E-state index contributed by atoms with van der Waals surface area (Å²) in [6, 6.07) is 6.20. The summed E-state index contributed by atoms with van der Waals surface area (Å²) >= 11 is 0. The number of fused-ring (bicyclic) bond motifs is 1. The van der Waals surface area contributed by atoms with Gasteiger partial charge in [0.2, 0.25) is 0 Å². The maximum Gasteiger partial charge on any atom is 0.181 e. The monoisotopic (exact) mass is 202 g/mol. The minimum absolute atomic E-state index is 0.751. The Morgan fingerprint density at radius 3 is 3.33 bits per heavy atom. The molecule has 1 unspecified atom stereocenters. The minimum atomic E-state index is 0.751. The highest BCUT2D eigenvalue weighted by Crippen LogP contribution is 2.22. The van der Waals surface area contributed by atoms with Crippen LogP contribution in [0.5, 0.6) is 0 Å². The summed E-state index contributed by atoms with van der Waals surface area (Å²) < 4.78 is 5.43. The first-order valence-electron chi connectivity index (χ1n) is 5.45. The van der Waals surface area contributed by atoms with E-state index in [2.05, 4.69) is 22.4 Å². The lowest BCUT2D eigenvalue weighted by Gasteiger charge is -2.07. The fraction of sp³-hybridized carbons (Fsp3) is 0.417. The van der Waals surface area contributed by atoms with Crippen LogP contribution in [0.25, 0.3) is 11.1 Å². The topological polar surface area (TPSA) is 38.1 Å². The Kier molecular flexibility index (Phi) is 2.18. The van der Waals surface area contributed by atoms with Crippen LogP contribution in [0.2, 0.25) is 0 Å². The van der Waals surface area contributed by atoms with Gasteiger partial charge in [-0.1, -0.05) is 12.1 Å². The Morgan fingerprint density at radius 1 is 1.47 bits per heavy atom. The Balaban J connectivity index is 1.92. The van der Waals surface area contributed by atoms with Crippen LogP contribution in [0.1, 0.15) is 12.0 Å². The summed E-state index contributed by atoms with van der Waals surface area (Å²) in [6.45, 7) is 2.28. The van der Waals surface area contributed by atoms with Crippen molar-refractivity contribution in [1.29, 1.82) is 0 Å². The molecule has 0 bridgehead atoms. The molecule has 3 nitrogen and oxygen atoms in total. The quantitative estimate of drug-likeness (QED) is 0.809. The second kappa shape index (κ2) is 3.66. The number of nitrogens with zero attached hydrogens (tertiary/aromatic N) is 1. The third-order valence-electron chi connectivity index (χ3n) is 3.11. The van der Waals surface area contributed by atoms with Gasteiger partial charge in [-0.2, -0.15) is 0 Å². The highest BCUT2D eigenvalue weighted by atomic mass is 16.3. The third-order valence-corrected chi connectivity index (χ3v) is 3.11. The van der Waals surface area contributed by atoms with E-state index in [1.165, 1.54) is 18.4 Å². The summed E-state index contributed by atoms with van der Waals surface area (Å²) in [5, 5.41) is 3.39. The van der Waals surface area contributed by atoms with E-state index in [4.69, 9.17) is 4.42 Å². The number of oxazole rings is 1. The molecule has 0 spiro atoms. The van der Waals surface area contributed by atoms with Crippen molar-refractivity contribution >= 4 is 11.1 Å². The van der Waals surface area contributed by atoms with Crippen LogP contribution in [-0.4, -0.2) is 18.1 Å². The molecule has 0 radical (unpaired) electrons. The average molecular weight is 202 g/mol. The lowest BCUT2D eigenvalue weighted by Crippen LogP contribution is -2.10. The number of benzene rings is 1. The first kappa shape index (κ1) is 8.92. The molecule has 2 heterocycles. The molecule has 1 aliphatic heterocycles. The Bertz CT molecular complexity index is 457. The summed E-state index contributed by atoms with van der Waals surface area (Å²) in [5.41, 5.74) is 3.22. The number of hydrogen-bond acceptors (Lipinski definition) is 3. The molecule has 2 aromatic rings. The first-order chi connectivity index (χ1) is 7.43. The lowest BCUT2D eigenvalue weighted by molar-refractivity contribution is 0.562. The first-order valence-corrected chi connectivity index (χ1v) is 5.45. The Hall–Kier alpha value is -1.35. The van der Waals surface area contributed by atoms with Crippen molar-refractivity contribution in [2.45, 2.75) is 12.8 Å². The van der Waals surface area contributed by atoms with Gasteiger partial charge in [0.25, 0.3) is 0 Å². The van der Waals surface area contributed by atoms with Crippen LogP contribution in [0.15, 0.2) is 29.0 Å². The predicted molar refractivity (Wildman–Crippen MR) is 58.7 cm³/mol. The average Bonchev–Trinajstić information content (AvgIpc) is 2.87. The molecule has 1 fully saturated rings. The highest BCUT2D eigenvalue weighted by molar-refractivity contribution is 5.75. The van der Waals surface area contributed by atoms with Crippen LogP contribution >= 0.6 is 0 Å². The van der Waals surface area contributed by atoms with Crippen LogP contribution in [0.3, 0.4) is 0 Å². The van der Waals surface area contributed by atoms with Crippen molar-refractivity contribution < 1.29 is 4.42 Å². The Morgan fingerprint density at radius 2 is 2.47 bits per heavy atom. The largest absolute Gasteiger partial charge is 0.443 e. The molecule has 15 heavy (non-hydrogen) atoms. The van der Waals surface area contributed by atoms with Crippen molar-refractivity contribution in [3.8, 4) is 0 Å². The van der Waals surface area contributed by atoms with Crippen molar-refractivity contribution in [3.63, 3.8) is 0 Å². The molecule has 1 N–H and O–H groups in total. The molecule has 0 aliphatic carbocycles. The molecule has 1 aromatic carbocycles. The van der Waals surface area contributed by atoms with E-state index in [0.29, 0.717) is 0 Å². The van der Waals surface area contributed by atoms with E-state index in [1.807, 2.05) is 6.07 Å². The summed E-state index contributed by atoms with van der Waals surface area (Å²) in [7, 11) is 0. The van der Waals surface area contributed by atoms with E-state index < -0.39 is 0 Å². The van der Waals surface area contributed by atoms with Gasteiger partial charge in [0.05, 0.1) is 0 Å². The molecule has 1 aliphatic rings. The molecular formula is C12H14N2O. The maximum atomic E-state index is 5.43. The SMILES string of the molecule is c1cc(CC2CCNC2)c2ocnc2c1. The van der Waals surface area contributed by atoms with E-state index in [-0.39, 0.29) is 0 Å². The van der Waals surface area contributed by atoms with Gasteiger partial charge < -0.3 is 9.73 Å². The van der Waals surface area contributed by atoms with Crippen molar-refractivity contribution in [3.05, 3.63) is 30.2 Å². The zero-order valence-corrected chi connectivity index (χ0v) is 8.57. The highest BCUT2D eigenvalue weighted by Gasteiger charge is 2.16. The summed E-state index contributed by atoms with van der Waals surface area (Å²) in [4.78, 5) is 4.17. The predicted octanol–water partition coefficient (Wildman–Crippen LogP) is 1.98. The zero-order chi connectivity index (χ0) is 10.1. The van der Waals surface area contributed by atoms with E-state index in [1.54, 1.807) is 0 Å². The van der Waals surface area contributed by atoms with E-state index >= 15 is 0 Å². The maximum absolute atomic E-state index is 5.43. The number of aromatic nitrogens is 1. The molecule has 78 valence electrons. The standard InChI is InChI=1S/C12H14N2O/c1-2-10(6-9-4-5-13-7-9)12-11(3-1)14-8-15-12/h1-3,8-9,13H,4-7H2. The smallest absolute Gasteiger partial charge is 0.181 e. The second-order valence-electron chi connectivity index (χ2n) is 4.18. The van der Waals surface area contributed by atoms with E-state index in [9.17, 15) is 0 Å². The van der Waals surface area contributed by atoms with Crippen LogP contribution < -0.4 is 5.32 Å². The molecule has 1 aromatic heterocycles. The normalized spacial score (nSPS) is 21.2. The van der Waals surface area contributed by atoms with Gasteiger partial charge in [0, 0.05) is 0 Å². The van der Waals surface area contributed by atoms with Crippen molar-refractivity contribution in [1.82, 2.24) is 10.3 Å². The van der Waals surface area contributed by atoms with Gasteiger partial charge in [-0.05, 0) is 43.5 Å². The lowest BCUT2D eigenvalue weighted by atomic mass is 9.98. The minimum Gasteiger partial charge on any atom is -0.443 e. The number of nitrogens with one attached hydrogen (secondary N) is 1. The number of para-hydroxylation sites is 1. The van der Waals surface area contributed by atoms with Gasteiger partial charge in [-0.15, -0.1) is 0 Å². The van der Waals surface area contributed by atoms with Crippen LogP contribution in [-0.2, 0) is 6.42 Å². The van der Waals surface area contributed by atoms with Crippen LogP contribution in [0, 0.1) is 5.92 Å². The molecule has 3 heteroatoms. The fourth-order valence-corrected chi connectivity index (χ4v) is 2.31. The van der Waals surface area contributed by atoms with Crippen molar-refractivity contribution in [2.24, 2.45) is 5.92 Å². The number of hydrogen-bond donors (Lipinski definition) is 1. The molecule has 0 amide bonds. The van der Waals surface area contributed by atoms with Gasteiger partial charge >= 0.3 is 0 Å². The van der Waals surface area contributed by atoms with Gasteiger partial charge in [-0.3, -0.25) is 0 Å². The fourth-order valence-electron chi connectivity index (χ4n) is 2.31. The number of rotatable bonds is 2. The second-order valence-corrected chi connectivity index (χ2v) is 4.18. The third kappa shape index (κ3) is 1.63. The van der Waals surface area contributed by atoms with Crippen LogP contribution in [0.4, 0.5) is 0 Å². The van der Waals surface area contributed by atoms with Gasteiger partial charge in [0.1, 0.15) is 5.52 Å². The molecule has 1 atom stereocenters. The zero-order valence-electron chi connectivity index (χ0n) is 8.57. The van der Waals surface area contributed by atoms with Gasteiger partial charge in [0.15, 0.2) is 12.0 Å². The van der Waals surface area contributed by atoms with Gasteiger partial charge in [-0.25, -0.2) is 4.98 Å². The molecule has 1 saturated heterocycles. The Labute approximate surface area is 88.5 Å². The molecule has 3 rings (SSSR count). The molecule has 0 saturated carbocycles. The molecular weight excluding hydrogens is 188 g/mol. The summed E-state index contributed by atoms with van der Waals surface area (Å²) in [6.07, 6.45) is 3.89. The van der Waals surface area contributed by atoms with Crippen molar-refractivity contribution in [2.75, 3.05) is 13.1 Å².